The molecule has 0 radical (unpaired) electrons. The molecule has 18 heavy (non-hydrogen) atoms. The maximum absolute atomic E-state index is 12.7. The average Bonchev–Trinajstić information content (AvgIpc) is 3.20. The Hall–Kier alpha value is -1.02. The third-order valence-corrected chi connectivity index (χ3v) is 3.79. The van der Waals surface area contributed by atoms with E-state index in [1.807, 2.05) is 23.1 Å². The third kappa shape index (κ3) is 2.54. The van der Waals surface area contributed by atoms with Gasteiger partial charge in [0.1, 0.15) is 0 Å². The van der Waals surface area contributed by atoms with Crippen molar-refractivity contribution in [3.05, 3.63) is 35.9 Å². The number of amides is 1. The highest BCUT2D eigenvalue weighted by atomic mass is 35.5. The van der Waals surface area contributed by atoms with E-state index in [1.165, 1.54) is 0 Å². The van der Waals surface area contributed by atoms with Crippen molar-refractivity contribution in [1.82, 2.24) is 4.90 Å². The molecule has 1 aliphatic carbocycles. The summed E-state index contributed by atoms with van der Waals surface area (Å²) in [6.07, 6.45) is 2.92. The number of rotatable bonds is 6. The van der Waals surface area contributed by atoms with Crippen molar-refractivity contribution in [2.45, 2.75) is 31.6 Å². The van der Waals surface area contributed by atoms with Gasteiger partial charge in [-0.15, -0.1) is 11.6 Å². The molecule has 1 aromatic carbocycles. The lowest BCUT2D eigenvalue weighted by Crippen LogP contribution is -2.40. The Kier molecular flexibility index (Phi) is 4.28. The Bertz CT molecular complexity index is 394. The molecule has 3 heteroatoms. The lowest BCUT2D eigenvalue weighted by molar-refractivity contribution is -0.133. The topological polar surface area (TPSA) is 20.3 Å². The van der Waals surface area contributed by atoms with Crippen molar-refractivity contribution in [1.29, 1.82) is 0 Å². The fourth-order valence-corrected chi connectivity index (χ4v) is 2.70. The average molecular weight is 266 g/mol. The second-order valence-electron chi connectivity index (χ2n) is 4.93. The number of benzene rings is 1. The zero-order valence-corrected chi connectivity index (χ0v) is 11.6. The summed E-state index contributed by atoms with van der Waals surface area (Å²) in [5, 5.41) is 0. The van der Waals surface area contributed by atoms with Crippen LogP contribution in [0.1, 0.15) is 31.7 Å². The molecule has 0 unspecified atom stereocenters. The molecule has 0 saturated heterocycles. The number of carbonyl (C=O) groups excluding carboxylic acids is 1. The molecule has 0 heterocycles. The molecule has 98 valence electrons. The molecule has 0 aromatic heterocycles. The van der Waals surface area contributed by atoms with Crippen molar-refractivity contribution in [3.63, 3.8) is 0 Å². The van der Waals surface area contributed by atoms with Gasteiger partial charge in [0.2, 0.25) is 5.91 Å². The standard InChI is InChI=1S/C15H20ClNO/c1-2-11-17(12-10-16)14(18)15(8-9-15)13-6-4-3-5-7-13/h3-7H,2,8-12H2,1H3. The van der Waals surface area contributed by atoms with E-state index in [9.17, 15) is 4.79 Å². The van der Waals surface area contributed by atoms with Crippen LogP contribution in [0.3, 0.4) is 0 Å². The van der Waals surface area contributed by atoms with Gasteiger partial charge in [-0.05, 0) is 24.8 Å². The van der Waals surface area contributed by atoms with Crippen LogP contribution in [0.15, 0.2) is 30.3 Å². The minimum atomic E-state index is -0.248. The number of nitrogens with zero attached hydrogens (tertiary/aromatic N) is 1. The van der Waals surface area contributed by atoms with Crippen molar-refractivity contribution >= 4 is 17.5 Å². The van der Waals surface area contributed by atoms with Crippen LogP contribution in [-0.4, -0.2) is 29.8 Å². The van der Waals surface area contributed by atoms with Gasteiger partial charge in [-0.3, -0.25) is 4.79 Å². The quantitative estimate of drug-likeness (QED) is 0.724. The van der Waals surface area contributed by atoms with E-state index in [0.29, 0.717) is 12.4 Å². The van der Waals surface area contributed by atoms with Gasteiger partial charge in [0, 0.05) is 19.0 Å². The second kappa shape index (κ2) is 5.75. The summed E-state index contributed by atoms with van der Waals surface area (Å²) in [5.41, 5.74) is 0.911. The number of hydrogen-bond donors (Lipinski definition) is 0. The number of alkyl halides is 1. The van der Waals surface area contributed by atoms with Crippen LogP contribution in [0, 0.1) is 0 Å². The SMILES string of the molecule is CCCN(CCCl)C(=O)C1(c2ccccc2)CC1. The molecule has 2 nitrogen and oxygen atoms in total. The van der Waals surface area contributed by atoms with Gasteiger partial charge < -0.3 is 4.90 Å². The fraction of sp³-hybridized carbons (Fsp3) is 0.533. The molecule has 0 spiro atoms. The highest BCUT2D eigenvalue weighted by Gasteiger charge is 2.52. The Morgan fingerprint density at radius 2 is 1.94 bits per heavy atom. The predicted octanol–water partition coefficient (Wildman–Crippen LogP) is 3.20. The molecule has 1 saturated carbocycles. The van der Waals surface area contributed by atoms with Gasteiger partial charge >= 0.3 is 0 Å². The van der Waals surface area contributed by atoms with Crippen LogP contribution in [-0.2, 0) is 10.2 Å². The molecular formula is C15H20ClNO. The van der Waals surface area contributed by atoms with Gasteiger partial charge in [-0.25, -0.2) is 0 Å². The molecule has 0 N–H and O–H groups in total. The van der Waals surface area contributed by atoms with E-state index in [1.54, 1.807) is 0 Å². The van der Waals surface area contributed by atoms with E-state index in [2.05, 4.69) is 19.1 Å². The van der Waals surface area contributed by atoms with Crippen molar-refractivity contribution in [2.24, 2.45) is 0 Å². The molecule has 0 atom stereocenters. The van der Waals surface area contributed by atoms with E-state index in [0.717, 1.165) is 31.4 Å². The Morgan fingerprint density at radius 1 is 1.28 bits per heavy atom. The molecule has 0 aliphatic heterocycles. The van der Waals surface area contributed by atoms with E-state index in [4.69, 9.17) is 11.6 Å². The van der Waals surface area contributed by atoms with Crippen LogP contribution in [0.4, 0.5) is 0 Å². The summed E-state index contributed by atoms with van der Waals surface area (Å²) in [6.45, 7) is 3.56. The molecule has 1 aromatic rings. The van der Waals surface area contributed by atoms with Crippen molar-refractivity contribution in [3.8, 4) is 0 Å². The number of halogens is 1. The van der Waals surface area contributed by atoms with Crippen molar-refractivity contribution in [2.75, 3.05) is 19.0 Å². The van der Waals surface area contributed by atoms with Gasteiger partial charge in [0.15, 0.2) is 0 Å². The lowest BCUT2D eigenvalue weighted by atomic mass is 9.94. The van der Waals surface area contributed by atoms with Gasteiger partial charge in [-0.1, -0.05) is 37.3 Å². The first-order valence-electron chi connectivity index (χ1n) is 6.65. The zero-order chi connectivity index (χ0) is 13.0. The van der Waals surface area contributed by atoms with Gasteiger partial charge in [0.05, 0.1) is 5.41 Å². The van der Waals surface area contributed by atoms with Gasteiger partial charge in [0.25, 0.3) is 0 Å². The summed E-state index contributed by atoms with van der Waals surface area (Å²) < 4.78 is 0. The summed E-state index contributed by atoms with van der Waals surface area (Å²) in [5.74, 6) is 0.771. The summed E-state index contributed by atoms with van der Waals surface area (Å²) in [7, 11) is 0. The zero-order valence-electron chi connectivity index (χ0n) is 10.9. The lowest BCUT2D eigenvalue weighted by Gasteiger charge is -2.26. The predicted molar refractivity (Wildman–Crippen MR) is 74.9 cm³/mol. The highest BCUT2D eigenvalue weighted by Crippen LogP contribution is 2.49. The van der Waals surface area contributed by atoms with E-state index in [-0.39, 0.29) is 11.3 Å². The normalized spacial score (nSPS) is 16.3. The Labute approximate surface area is 114 Å². The van der Waals surface area contributed by atoms with E-state index >= 15 is 0 Å². The highest BCUT2D eigenvalue weighted by molar-refractivity contribution is 6.18. The largest absolute Gasteiger partial charge is 0.341 e. The van der Waals surface area contributed by atoms with E-state index < -0.39 is 0 Å². The second-order valence-corrected chi connectivity index (χ2v) is 5.31. The minimum Gasteiger partial charge on any atom is -0.341 e. The molecule has 1 fully saturated rings. The fourth-order valence-electron chi connectivity index (χ4n) is 2.50. The number of hydrogen-bond acceptors (Lipinski definition) is 1. The van der Waals surface area contributed by atoms with Crippen LogP contribution in [0.2, 0.25) is 0 Å². The maximum Gasteiger partial charge on any atom is 0.233 e. The number of carbonyl (C=O) groups is 1. The van der Waals surface area contributed by atoms with Crippen LogP contribution in [0.5, 0.6) is 0 Å². The molecule has 0 bridgehead atoms. The minimum absolute atomic E-state index is 0.248. The summed E-state index contributed by atoms with van der Waals surface area (Å²) in [6, 6.07) is 10.1. The van der Waals surface area contributed by atoms with Crippen LogP contribution >= 0.6 is 11.6 Å². The maximum atomic E-state index is 12.7. The summed E-state index contributed by atoms with van der Waals surface area (Å²) >= 11 is 5.80. The first-order valence-corrected chi connectivity index (χ1v) is 7.19. The molecule has 1 amide bonds. The smallest absolute Gasteiger partial charge is 0.233 e. The molecular weight excluding hydrogens is 246 g/mol. The Morgan fingerprint density at radius 3 is 2.44 bits per heavy atom. The first kappa shape index (κ1) is 13.4. The van der Waals surface area contributed by atoms with Gasteiger partial charge in [-0.2, -0.15) is 0 Å². The van der Waals surface area contributed by atoms with Crippen LogP contribution < -0.4 is 0 Å². The molecule has 2 rings (SSSR count). The molecule has 1 aliphatic rings. The monoisotopic (exact) mass is 265 g/mol. The summed E-state index contributed by atoms with van der Waals surface area (Å²) in [4.78, 5) is 14.6. The Balaban J connectivity index is 2.17. The van der Waals surface area contributed by atoms with Crippen molar-refractivity contribution < 1.29 is 4.79 Å². The third-order valence-electron chi connectivity index (χ3n) is 3.62. The first-order chi connectivity index (χ1) is 8.74. The van der Waals surface area contributed by atoms with Crippen LogP contribution in [0.25, 0.3) is 0 Å².